The summed E-state index contributed by atoms with van der Waals surface area (Å²) in [5.74, 6) is -0.466. The number of aliphatic hydroxyl groups is 1. The van der Waals surface area contributed by atoms with Gasteiger partial charge in [-0.3, -0.25) is 4.79 Å². The molecule has 2 N–H and O–H groups in total. The van der Waals surface area contributed by atoms with Gasteiger partial charge in [0, 0.05) is 12.2 Å². The number of aliphatic hydroxyl groups excluding tert-OH is 1. The zero-order valence-electron chi connectivity index (χ0n) is 8.86. The fraction of sp³-hybridized carbons (Fsp3) is 0.500. The van der Waals surface area contributed by atoms with Crippen molar-refractivity contribution < 1.29 is 18.7 Å². The van der Waals surface area contributed by atoms with Crippen LogP contribution < -0.4 is 5.32 Å². The van der Waals surface area contributed by atoms with Gasteiger partial charge in [-0.1, -0.05) is 0 Å². The lowest BCUT2D eigenvalue weighted by molar-refractivity contribution is 0.0900. The summed E-state index contributed by atoms with van der Waals surface area (Å²) in [7, 11) is 0. The number of rotatable bonds is 5. The van der Waals surface area contributed by atoms with Crippen LogP contribution >= 0.6 is 0 Å². The van der Waals surface area contributed by atoms with E-state index in [1.165, 1.54) is 22.9 Å². The number of carbonyl (C=O) groups excluding carboxylic acids is 1. The molecule has 0 spiro atoms. The molecule has 0 radical (unpaired) electrons. The molecule has 1 aromatic rings. The van der Waals surface area contributed by atoms with E-state index in [4.69, 9.17) is 5.11 Å². The summed E-state index contributed by atoms with van der Waals surface area (Å²) < 4.78 is 25.5. The predicted octanol–water partition coefficient (Wildman–Crippen LogP) is 0.864. The van der Waals surface area contributed by atoms with Gasteiger partial charge in [-0.25, -0.2) is 8.78 Å². The third-order valence-electron chi connectivity index (χ3n) is 2.05. The Morgan fingerprint density at radius 1 is 1.62 bits per heavy atom. The number of hydrogen-bond donors (Lipinski definition) is 2. The molecule has 6 heteroatoms. The fourth-order valence-electron chi connectivity index (χ4n) is 1.27. The smallest absolute Gasteiger partial charge is 0.268 e. The minimum absolute atomic E-state index is 0.167. The number of nitrogens with one attached hydrogen (secondary N) is 1. The van der Waals surface area contributed by atoms with E-state index in [1.54, 1.807) is 6.92 Å². The van der Waals surface area contributed by atoms with Crippen LogP contribution in [0.4, 0.5) is 8.78 Å². The van der Waals surface area contributed by atoms with Gasteiger partial charge in [0.25, 0.3) is 12.3 Å². The van der Waals surface area contributed by atoms with Gasteiger partial charge in [-0.2, -0.15) is 0 Å². The Kier molecular flexibility index (Phi) is 4.42. The molecule has 0 saturated heterocycles. The van der Waals surface area contributed by atoms with Crippen LogP contribution in [0, 0.1) is 0 Å². The van der Waals surface area contributed by atoms with E-state index in [1.807, 2.05) is 0 Å². The lowest BCUT2D eigenvalue weighted by Crippen LogP contribution is -2.36. The topological polar surface area (TPSA) is 54.3 Å². The average Bonchev–Trinajstić information content (AvgIpc) is 2.64. The average molecular weight is 232 g/mol. The van der Waals surface area contributed by atoms with E-state index in [9.17, 15) is 13.6 Å². The second kappa shape index (κ2) is 5.60. The predicted molar refractivity (Wildman–Crippen MR) is 54.5 cm³/mol. The van der Waals surface area contributed by atoms with Crippen LogP contribution in [0.15, 0.2) is 18.3 Å². The largest absolute Gasteiger partial charge is 0.394 e. The summed E-state index contributed by atoms with van der Waals surface area (Å²) in [6.07, 6.45) is -1.08. The fourth-order valence-corrected chi connectivity index (χ4v) is 1.27. The summed E-state index contributed by atoms with van der Waals surface area (Å²) in [4.78, 5) is 11.6. The summed E-state index contributed by atoms with van der Waals surface area (Å²) in [5.41, 5.74) is 0.167. The maximum Gasteiger partial charge on any atom is 0.268 e. The number of carbonyl (C=O) groups is 1. The number of nitrogens with zero attached hydrogens (tertiary/aromatic N) is 1. The van der Waals surface area contributed by atoms with Gasteiger partial charge >= 0.3 is 0 Å². The van der Waals surface area contributed by atoms with Gasteiger partial charge in [0.2, 0.25) is 0 Å². The minimum atomic E-state index is -2.51. The third-order valence-corrected chi connectivity index (χ3v) is 2.05. The van der Waals surface area contributed by atoms with Crippen molar-refractivity contribution in [2.45, 2.75) is 25.9 Å². The highest BCUT2D eigenvalue weighted by Gasteiger charge is 2.15. The zero-order chi connectivity index (χ0) is 12.1. The Morgan fingerprint density at radius 2 is 2.31 bits per heavy atom. The van der Waals surface area contributed by atoms with Crippen LogP contribution in [0.5, 0.6) is 0 Å². The molecule has 4 nitrogen and oxygen atoms in total. The van der Waals surface area contributed by atoms with E-state index in [0.717, 1.165) is 0 Å². The van der Waals surface area contributed by atoms with Crippen molar-refractivity contribution in [3.8, 4) is 0 Å². The highest BCUT2D eigenvalue weighted by atomic mass is 19.3. The molecule has 0 aliphatic heterocycles. The summed E-state index contributed by atoms with van der Waals surface area (Å²) >= 11 is 0. The van der Waals surface area contributed by atoms with Gasteiger partial charge in [0.15, 0.2) is 0 Å². The van der Waals surface area contributed by atoms with Crippen molar-refractivity contribution in [1.29, 1.82) is 0 Å². The Balaban J connectivity index is 2.71. The van der Waals surface area contributed by atoms with E-state index in [2.05, 4.69) is 5.32 Å². The van der Waals surface area contributed by atoms with Crippen molar-refractivity contribution >= 4 is 5.91 Å². The molecular weight excluding hydrogens is 218 g/mol. The maximum absolute atomic E-state index is 12.2. The monoisotopic (exact) mass is 232 g/mol. The second-order valence-corrected chi connectivity index (χ2v) is 3.49. The van der Waals surface area contributed by atoms with Crippen LogP contribution in [0.25, 0.3) is 0 Å². The Morgan fingerprint density at radius 3 is 2.88 bits per heavy atom. The van der Waals surface area contributed by atoms with Crippen LogP contribution in [0.1, 0.15) is 17.4 Å². The van der Waals surface area contributed by atoms with Gasteiger partial charge in [0.1, 0.15) is 5.69 Å². The van der Waals surface area contributed by atoms with E-state index in [0.29, 0.717) is 0 Å². The molecule has 0 bridgehead atoms. The quantitative estimate of drug-likeness (QED) is 0.791. The van der Waals surface area contributed by atoms with E-state index < -0.39 is 24.9 Å². The van der Waals surface area contributed by atoms with Crippen LogP contribution in [0.3, 0.4) is 0 Å². The third kappa shape index (κ3) is 3.30. The molecular formula is C10H14F2N2O2. The molecule has 1 rings (SSSR count). The molecule has 0 aliphatic carbocycles. The first kappa shape index (κ1) is 12.6. The van der Waals surface area contributed by atoms with Crippen molar-refractivity contribution in [3.63, 3.8) is 0 Å². The van der Waals surface area contributed by atoms with E-state index >= 15 is 0 Å². The van der Waals surface area contributed by atoms with Gasteiger partial charge in [0.05, 0.1) is 13.2 Å². The SMILES string of the molecule is C[C@H](CO)NC(=O)c1cccn1CC(F)F. The number of alkyl halides is 2. The number of hydrogen-bond acceptors (Lipinski definition) is 2. The first-order valence-electron chi connectivity index (χ1n) is 4.89. The molecule has 16 heavy (non-hydrogen) atoms. The highest BCUT2D eigenvalue weighted by molar-refractivity contribution is 5.92. The normalized spacial score (nSPS) is 12.8. The Bertz CT molecular complexity index is 352. The first-order chi connectivity index (χ1) is 7.54. The van der Waals surface area contributed by atoms with Crippen molar-refractivity contribution in [2.75, 3.05) is 6.61 Å². The molecule has 1 amide bonds. The Hall–Kier alpha value is -1.43. The molecule has 90 valence electrons. The summed E-state index contributed by atoms with van der Waals surface area (Å²) in [5, 5.41) is 11.2. The summed E-state index contributed by atoms with van der Waals surface area (Å²) in [6, 6.07) is 2.59. The van der Waals surface area contributed by atoms with Crippen molar-refractivity contribution in [3.05, 3.63) is 24.0 Å². The standard InChI is InChI=1S/C10H14F2N2O2/c1-7(6-15)13-10(16)8-3-2-4-14(8)5-9(11)12/h2-4,7,9,15H,5-6H2,1H3,(H,13,16)/t7-/m1/s1. The number of aromatic nitrogens is 1. The molecule has 1 aromatic heterocycles. The van der Waals surface area contributed by atoms with E-state index in [-0.39, 0.29) is 12.3 Å². The molecule has 1 atom stereocenters. The number of halogens is 2. The highest BCUT2D eigenvalue weighted by Crippen LogP contribution is 2.06. The molecule has 0 unspecified atom stereocenters. The second-order valence-electron chi connectivity index (χ2n) is 3.49. The lowest BCUT2D eigenvalue weighted by atomic mass is 10.3. The molecule has 0 fully saturated rings. The molecule has 0 saturated carbocycles. The van der Waals surface area contributed by atoms with Gasteiger partial charge in [-0.05, 0) is 19.1 Å². The van der Waals surface area contributed by atoms with Crippen LogP contribution in [0.2, 0.25) is 0 Å². The van der Waals surface area contributed by atoms with Gasteiger partial charge in [-0.15, -0.1) is 0 Å². The van der Waals surface area contributed by atoms with Crippen LogP contribution in [-0.2, 0) is 6.54 Å². The van der Waals surface area contributed by atoms with Crippen molar-refractivity contribution in [2.24, 2.45) is 0 Å². The lowest BCUT2D eigenvalue weighted by Gasteiger charge is -2.12. The number of amides is 1. The molecule has 0 aromatic carbocycles. The van der Waals surface area contributed by atoms with Crippen molar-refractivity contribution in [1.82, 2.24) is 9.88 Å². The minimum Gasteiger partial charge on any atom is -0.394 e. The van der Waals surface area contributed by atoms with Gasteiger partial charge < -0.3 is 15.0 Å². The Labute approximate surface area is 91.9 Å². The molecule has 0 aliphatic rings. The first-order valence-corrected chi connectivity index (χ1v) is 4.89. The zero-order valence-corrected chi connectivity index (χ0v) is 8.86. The summed E-state index contributed by atoms with van der Waals surface area (Å²) in [6.45, 7) is 0.919. The van der Waals surface area contributed by atoms with Crippen LogP contribution in [-0.4, -0.2) is 34.7 Å². The maximum atomic E-state index is 12.2. The molecule has 1 heterocycles.